The van der Waals surface area contributed by atoms with E-state index in [9.17, 15) is 0 Å². The molecule has 2 heteroatoms. The molecule has 0 spiro atoms. The van der Waals surface area contributed by atoms with Gasteiger partial charge in [-0.3, -0.25) is 0 Å². The van der Waals surface area contributed by atoms with Crippen LogP contribution in [0.3, 0.4) is 0 Å². The second-order valence-corrected chi connectivity index (χ2v) is 4.84. The minimum atomic E-state index is 0.705. The van der Waals surface area contributed by atoms with Crippen LogP contribution in [0, 0.1) is 5.92 Å². The van der Waals surface area contributed by atoms with Crippen LogP contribution in [0.15, 0.2) is 24.3 Å². The summed E-state index contributed by atoms with van der Waals surface area (Å²) >= 11 is 0. The zero-order valence-corrected chi connectivity index (χ0v) is 10.4. The van der Waals surface area contributed by atoms with Gasteiger partial charge in [-0.1, -0.05) is 25.1 Å². The predicted octanol–water partition coefficient (Wildman–Crippen LogP) is 2.29. The molecule has 0 amide bonds. The lowest BCUT2D eigenvalue weighted by atomic mass is 10.0. The highest BCUT2D eigenvalue weighted by Crippen LogP contribution is 2.27. The first kappa shape index (κ1) is 11.5. The van der Waals surface area contributed by atoms with Crippen LogP contribution in [-0.4, -0.2) is 26.7 Å². The molecule has 0 saturated heterocycles. The van der Waals surface area contributed by atoms with Crippen molar-refractivity contribution in [3.63, 3.8) is 0 Å². The van der Waals surface area contributed by atoms with Crippen molar-refractivity contribution in [1.29, 1.82) is 0 Å². The van der Waals surface area contributed by atoms with Gasteiger partial charge in [-0.05, 0) is 44.0 Å². The maximum absolute atomic E-state index is 3.25. The second kappa shape index (κ2) is 5.35. The molecule has 0 aromatic heterocycles. The van der Waals surface area contributed by atoms with Crippen LogP contribution >= 0.6 is 0 Å². The van der Waals surface area contributed by atoms with Gasteiger partial charge in [0.15, 0.2) is 0 Å². The monoisotopic (exact) mass is 218 g/mol. The summed E-state index contributed by atoms with van der Waals surface area (Å²) in [5, 5.41) is 3.25. The first-order valence-corrected chi connectivity index (χ1v) is 6.28. The average Bonchev–Trinajstić information content (AvgIpc) is 2.30. The minimum Gasteiger partial charge on any atom is -0.371 e. The zero-order chi connectivity index (χ0) is 11.4. The molecular weight excluding hydrogens is 196 g/mol. The van der Waals surface area contributed by atoms with Gasteiger partial charge in [0, 0.05) is 18.8 Å². The Morgan fingerprint density at radius 1 is 1.38 bits per heavy atom. The number of fused-ring (bicyclic) bond motifs is 1. The van der Waals surface area contributed by atoms with Crippen LogP contribution in [0.2, 0.25) is 0 Å². The largest absolute Gasteiger partial charge is 0.371 e. The van der Waals surface area contributed by atoms with Crippen LogP contribution in [0.5, 0.6) is 0 Å². The molecule has 1 aromatic carbocycles. The van der Waals surface area contributed by atoms with E-state index in [0.717, 1.165) is 13.1 Å². The normalized spacial score (nSPS) is 17.0. The molecule has 0 radical (unpaired) electrons. The van der Waals surface area contributed by atoms with E-state index in [2.05, 4.69) is 41.4 Å². The van der Waals surface area contributed by atoms with Gasteiger partial charge in [-0.15, -0.1) is 0 Å². The van der Waals surface area contributed by atoms with E-state index >= 15 is 0 Å². The van der Waals surface area contributed by atoms with Gasteiger partial charge >= 0.3 is 0 Å². The molecule has 1 aromatic rings. The highest BCUT2D eigenvalue weighted by molar-refractivity contribution is 5.55. The van der Waals surface area contributed by atoms with Crippen LogP contribution in [0.25, 0.3) is 0 Å². The fourth-order valence-corrected chi connectivity index (χ4v) is 2.59. The standard InChI is InChI=1S/C14H22N2/c1-12(10-15-2)11-16-9-5-7-13-6-3-4-8-14(13)16/h3-4,6,8,12,15H,5,7,9-11H2,1-2H3. The molecule has 1 N–H and O–H groups in total. The second-order valence-electron chi connectivity index (χ2n) is 4.84. The third-order valence-corrected chi connectivity index (χ3v) is 3.29. The Morgan fingerprint density at radius 3 is 3.00 bits per heavy atom. The number of rotatable bonds is 4. The molecule has 1 aliphatic heterocycles. The van der Waals surface area contributed by atoms with Crippen LogP contribution < -0.4 is 10.2 Å². The lowest BCUT2D eigenvalue weighted by Crippen LogP contribution is -2.35. The van der Waals surface area contributed by atoms with Crippen molar-refractivity contribution in [3.05, 3.63) is 29.8 Å². The fourth-order valence-electron chi connectivity index (χ4n) is 2.59. The number of para-hydroxylation sites is 1. The smallest absolute Gasteiger partial charge is 0.0398 e. The highest BCUT2D eigenvalue weighted by atomic mass is 15.1. The molecule has 1 unspecified atom stereocenters. The Hall–Kier alpha value is -1.02. The summed E-state index contributed by atoms with van der Waals surface area (Å²) in [6, 6.07) is 8.84. The molecule has 16 heavy (non-hydrogen) atoms. The zero-order valence-electron chi connectivity index (χ0n) is 10.4. The van der Waals surface area contributed by atoms with E-state index in [1.807, 2.05) is 7.05 Å². The third-order valence-electron chi connectivity index (χ3n) is 3.29. The summed E-state index contributed by atoms with van der Waals surface area (Å²) in [7, 11) is 2.03. The van der Waals surface area contributed by atoms with Crippen LogP contribution in [-0.2, 0) is 6.42 Å². The lowest BCUT2D eigenvalue weighted by molar-refractivity contribution is 0.518. The molecule has 0 bridgehead atoms. The van der Waals surface area contributed by atoms with Crippen molar-refractivity contribution in [2.45, 2.75) is 19.8 Å². The number of anilines is 1. The number of nitrogens with zero attached hydrogens (tertiary/aromatic N) is 1. The Labute approximate surface area is 98.7 Å². The molecule has 0 fully saturated rings. The maximum atomic E-state index is 3.25. The van der Waals surface area contributed by atoms with Gasteiger partial charge in [0.05, 0.1) is 0 Å². The van der Waals surface area contributed by atoms with E-state index < -0.39 is 0 Å². The van der Waals surface area contributed by atoms with Gasteiger partial charge in [-0.2, -0.15) is 0 Å². The quantitative estimate of drug-likeness (QED) is 0.834. The van der Waals surface area contributed by atoms with Crippen molar-refractivity contribution in [2.75, 3.05) is 31.6 Å². The van der Waals surface area contributed by atoms with Crippen molar-refractivity contribution in [3.8, 4) is 0 Å². The Morgan fingerprint density at radius 2 is 2.19 bits per heavy atom. The number of hydrogen-bond acceptors (Lipinski definition) is 2. The number of hydrogen-bond donors (Lipinski definition) is 1. The van der Waals surface area contributed by atoms with E-state index in [-0.39, 0.29) is 0 Å². The van der Waals surface area contributed by atoms with Crippen LogP contribution in [0.4, 0.5) is 5.69 Å². The Balaban J connectivity index is 2.07. The Bertz CT molecular complexity index is 335. The molecule has 1 aliphatic rings. The summed E-state index contributed by atoms with van der Waals surface area (Å²) < 4.78 is 0. The fraction of sp³-hybridized carbons (Fsp3) is 0.571. The van der Waals surface area contributed by atoms with Gasteiger partial charge in [0.1, 0.15) is 0 Å². The van der Waals surface area contributed by atoms with E-state index in [1.54, 1.807) is 0 Å². The van der Waals surface area contributed by atoms with E-state index in [1.165, 1.54) is 30.6 Å². The summed E-state index contributed by atoms with van der Waals surface area (Å²) in [6.07, 6.45) is 2.54. The molecule has 1 heterocycles. The van der Waals surface area contributed by atoms with E-state index in [4.69, 9.17) is 0 Å². The lowest BCUT2D eigenvalue weighted by Gasteiger charge is -2.33. The van der Waals surface area contributed by atoms with Crippen molar-refractivity contribution in [2.24, 2.45) is 5.92 Å². The topological polar surface area (TPSA) is 15.3 Å². The molecule has 2 rings (SSSR count). The molecule has 2 nitrogen and oxygen atoms in total. The number of benzene rings is 1. The predicted molar refractivity (Wildman–Crippen MR) is 70.1 cm³/mol. The molecule has 0 aliphatic carbocycles. The summed E-state index contributed by atoms with van der Waals surface area (Å²) in [6.45, 7) is 5.79. The summed E-state index contributed by atoms with van der Waals surface area (Å²) in [5.74, 6) is 0.705. The van der Waals surface area contributed by atoms with Gasteiger partial charge < -0.3 is 10.2 Å². The SMILES string of the molecule is CNCC(C)CN1CCCc2ccccc21. The Kier molecular flexibility index (Phi) is 3.83. The summed E-state index contributed by atoms with van der Waals surface area (Å²) in [5.41, 5.74) is 2.97. The summed E-state index contributed by atoms with van der Waals surface area (Å²) in [4.78, 5) is 2.54. The molecule has 0 saturated carbocycles. The van der Waals surface area contributed by atoms with Crippen LogP contribution in [0.1, 0.15) is 18.9 Å². The van der Waals surface area contributed by atoms with Crippen molar-refractivity contribution >= 4 is 5.69 Å². The minimum absolute atomic E-state index is 0.705. The van der Waals surface area contributed by atoms with Gasteiger partial charge in [-0.25, -0.2) is 0 Å². The molecular formula is C14H22N2. The first-order chi connectivity index (χ1) is 7.81. The highest BCUT2D eigenvalue weighted by Gasteiger charge is 2.17. The third kappa shape index (κ3) is 2.56. The molecule has 1 atom stereocenters. The van der Waals surface area contributed by atoms with Crippen molar-refractivity contribution < 1.29 is 0 Å². The first-order valence-electron chi connectivity index (χ1n) is 6.28. The van der Waals surface area contributed by atoms with E-state index in [0.29, 0.717) is 5.92 Å². The maximum Gasteiger partial charge on any atom is 0.0398 e. The van der Waals surface area contributed by atoms with Gasteiger partial charge in [0.25, 0.3) is 0 Å². The number of nitrogens with one attached hydrogen (secondary N) is 1. The number of aryl methyl sites for hydroxylation is 1. The average molecular weight is 218 g/mol. The van der Waals surface area contributed by atoms with Gasteiger partial charge in [0.2, 0.25) is 0 Å². The van der Waals surface area contributed by atoms with Crippen molar-refractivity contribution in [1.82, 2.24) is 5.32 Å². The molecule has 88 valence electrons.